The average molecular weight is 403 g/mol. The predicted molar refractivity (Wildman–Crippen MR) is 121 cm³/mol. The maximum Gasteiger partial charge on any atom is 0.155 e. The van der Waals surface area contributed by atoms with Gasteiger partial charge in [-0.25, -0.2) is 0 Å². The van der Waals surface area contributed by atoms with E-state index in [0.717, 1.165) is 32.8 Å². The van der Waals surface area contributed by atoms with Gasteiger partial charge in [-0.1, -0.05) is 76.9 Å². The van der Waals surface area contributed by atoms with E-state index in [2.05, 4.69) is 19.1 Å². The van der Waals surface area contributed by atoms with Crippen LogP contribution in [0.5, 0.6) is 0 Å². The maximum absolute atomic E-state index is 5.63. The van der Waals surface area contributed by atoms with Crippen LogP contribution in [-0.2, 0) is 13.8 Å². The van der Waals surface area contributed by atoms with Crippen molar-refractivity contribution in [3.8, 4) is 0 Å². The van der Waals surface area contributed by atoms with E-state index in [-0.39, 0.29) is 9.03 Å². The van der Waals surface area contributed by atoms with Crippen LogP contribution in [0.3, 0.4) is 0 Å². The average Bonchev–Trinajstić information content (AvgIpc) is 2.68. The highest BCUT2D eigenvalue weighted by Crippen LogP contribution is 2.13. The number of allylic oxidation sites excluding steroid dienone is 2. The van der Waals surface area contributed by atoms with Gasteiger partial charge in [0.1, 0.15) is 0 Å². The van der Waals surface area contributed by atoms with Crippen LogP contribution in [0.25, 0.3) is 0 Å². The summed E-state index contributed by atoms with van der Waals surface area (Å²) in [5.41, 5.74) is 0. The van der Waals surface area contributed by atoms with Gasteiger partial charge in [0.05, 0.1) is 13.2 Å². The lowest BCUT2D eigenvalue weighted by atomic mass is 10.1. The Morgan fingerprint density at radius 2 is 1.11 bits per heavy atom. The number of unbranched alkanes of at least 4 members (excludes halogenated alkanes) is 12. The molecule has 0 aromatic heterocycles. The molecule has 1 atom stereocenters. The highest BCUT2D eigenvalue weighted by Gasteiger charge is 1.94. The van der Waals surface area contributed by atoms with Crippen molar-refractivity contribution in [2.75, 3.05) is 26.4 Å². The first-order valence-corrected chi connectivity index (χ1v) is 12.4. The molecule has 0 aliphatic heterocycles. The molecule has 0 aliphatic rings. The van der Waals surface area contributed by atoms with Gasteiger partial charge in [0.25, 0.3) is 0 Å². The summed E-state index contributed by atoms with van der Waals surface area (Å²) in [5.74, 6) is 0. The smallest absolute Gasteiger partial charge is 0.155 e. The Labute approximate surface area is 172 Å². The molecule has 0 aliphatic carbocycles. The largest absolute Gasteiger partial charge is 0.381 e. The summed E-state index contributed by atoms with van der Waals surface area (Å²) in [6.45, 7) is 7.43. The van der Waals surface area contributed by atoms with Crippen molar-refractivity contribution in [1.29, 1.82) is 0 Å². The molecule has 0 amide bonds. The molecule has 0 rings (SSSR count). The van der Waals surface area contributed by atoms with Gasteiger partial charge < -0.3 is 13.8 Å². The van der Waals surface area contributed by atoms with E-state index in [0.29, 0.717) is 0 Å². The molecule has 0 saturated carbocycles. The highest BCUT2D eigenvalue weighted by molar-refractivity contribution is 7.26. The molecule has 3 nitrogen and oxygen atoms in total. The molecule has 4 heteroatoms. The quantitative estimate of drug-likeness (QED) is 0.0984. The summed E-state index contributed by atoms with van der Waals surface area (Å²) in [6, 6.07) is 0. The lowest BCUT2D eigenvalue weighted by molar-refractivity contribution is 0.116. The molecule has 0 aromatic rings. The molecule has 0 bridgehead atoms. The van der Waals surface area contributed by atoms with E-state index in [4.69, 9.17) is 13.8 Å². The number of ether oxygens (including phenoxy) is 1. The van der Waals surface area contributed by atoms with Gasteiger partial charge >= 0.3 is 0 Å². The fourth-order valence-corrected chi connectivity index (χ4v) is 3.36. The van der Waals surface area contributed by atoms with Crippen molar-refractivity contribution < 1.29 is 13.8 Å². The minimum absolute atomic E-state index is 0.183. The molecule has 0 heterocycles. The van der Waals surface area contributed by atoms with Gasteiger partial charge in [0.15, 0.2) is 9.03 Å². The Morgan fingerprint density at radius 1 is 0.556 bits per heavy atom. The van der Waals surface area contributed by atoms with E-state index in [1.807, 2.05) is 6.92 Å². The summed E-state index contributed by atoms with van der Waals surface area (Å²) in [5, 5.41) is 0. The second-order valence-electron chi connectivity index (χ2n) is 7.27. The zero-order valence-electron chi connectivity index (χ0n) is 18.3. The van der Waals surface area contributed by atoms with E-state index < -0.39 is 0 Å². The molecule has 0 aromatic carbocycles. The number of hydrogen-bond donors (Lipinski definition) is 0. The molecule has 0 radical (unpaired) electrons. The van der Waals surface area contributed by atoms with E-state index in [9.17, 15) is 0 Å². The zero-order valence-corrected chi connectivity index (χ0v) is 19.3. The Balaban J connectivity index is 3.03. The first kappa shape index (κ1) is 27.0. The monoisotopic (exact) mass is 402 g/mol. The van der Waals surface area contributed by atoms with Crippen LogP contribution in [0.4, 0.5) is 0 Å². The van der Waals surface area contributed by atoms with Crippen molar-refractivity contribution in [2.24, 2.45) is 0 Å². The second kappa shape index (κ2) is 26.1. The fraction of sp³-hybridized carbons (Fsp3) is 0.913. The number of rotatable bonds is 23. The summed E-state index contributed by atoms with van der Waals surface area (Å²) in [7, 11) is 0.183. The molecule has 0 spiro atoms. The molecule has 0 N–H and O–H groups in total. The molecular weight excluding hydrogens is 355 g/mol. The molecule has 0 saturated heterocycles. The van der Waals surface area contributed by atoms with Gasteiger partial charge in [0.2, 0.25) is 0 Å². The Hall–Kier alpha value is 0.0500. The van der Waals surface area contributed by atoms with Crippen LogP contribution in [-0.4, -0.2) is 26.4 Å². The SMILES string of the molecule is CCCCCCCCC=CCCCCCCCCOCCCOPOCC. The standard InChI is InChI=1S/C23H47O3P/c1-3-5-6-7-8-9-10-11-12-13-14-15-16-17-18-19-21-24-22-20-23-26-27-25-4-2/h11-12,27H,3-10,13-23H2,1-2H3. The van der Waals surface area contributed by atoms with Crippen molar-refractivity contribution in [2.45, 2.75) is 110 Å². The van der Waals surface area contributed by atoms with E-state index >= 15 is 0 Å². The third-order valence-electron chi connectivity index (χ3n) is 4.60. The van der Waals surface area contributed by atoms with Crippen molar-refractivity contribution >= 4 is 9.03 Å². The minimum Gasteiger partial charge on any atom is -0.381 e. The van der Waals surface area contributed by atoms with Crippen LogP contribution in [0.1, 0.15) is 110 Å². The third-order valence-corrected chi connectivity index (χ3v) is 5.33. The van der Waals surface area contributed by atoms with Crippen molar-refractivity contribution in [3.05, 3.63) is 12.2 Å². The van der Waals surface area contributed by atoms with E-state index in [1.165, 1.54) is 89.9 Å². The highest BCUT2D eigenvalue weighted by atomic mass is 31.1. The molecule has 27 heavy (non-hydrogen) atoms. The van der Waals surface area contributed by atoms with Crippen molar-refractivity contribution in [3.63, 3.8) is 0 Å². The summed E-state index contributed by atoms with van der Waals surface area (Å²) in [4.78, 5) is 0. The first-order chi connectivity index (χ1) is 13.4. The lowest BCUT2D eigenvalue weighted by Gasteiger charge is -2.05. The van der Waals surface area contributed by atoms with Crippen LogP contribution in [0, 0.1) is 0 Å². The summed E-state index contributed by atoms with van der Waals surface area (Å²) >= 11 is 0. The fourth-order valence-electron chi connectivity index (χ4n) is 2.93. The minimum atomic E-state index is 0.183. The second-order valence-corrected chi connectivity index (χ2v) is 8.01. The lowest BCUT2D eigenvalue weighted by Crippen LogP contribution is -2.00. The summed E-state index contributed by atoms with van der Waals surface area (Å²) < 4.78 is 16.1. The maximum atomic E-state index is 5.63. The van der Waals surface area contributed by atoms with Crippen LogP contribution in [0.15, 0.2) is 12.2 Å². The van der Waals surface area contributed by atoms with Gasteiger partial charge in [0, 0.05) is 13.2 Å². The van der Waals surface area contributed by atoms with Crippen LogP contribution < -0.4 is 0 Å². The Morgan fingerprint density at radius 3 is 1.74 bits per heavy atom. The van der Waals surface area contributed by atoms with Gasteiger partial charge in [-0.05, 0) is 45.4 Å². The first-order valence-electron chi connectivity index (χ1n) is 11.6. The molecule has 1 unspecified atom stereocenters. The Kier molecular flexibility index (Phi) is 26.1. The summed E-state index contributed by atoms with van der Waals surface area (Å²) in [6.07, 6.45) is 24.7. The zero-order chi connectivity index (χ0) is 19.7. The molecule has 0 fully saturated rings. The van der Waals surface area contributed by atoms with Gasteiger partial charge in [-0.2, -0.15) is 0 Å². The topological polar surface area (TPSA) is 27.7 Å². The predicted octanol–water partition coefficient (Wildman–Crippen LogP) is 7.99. The van der Waals surface area contributed by atoms with Crippen LogP contribution in [0.2, 0.25) is 0 Å². The third kappa shape index (κ3) is 26.1. The number of hydrogen-bond acceptors (Lipinski definition) is 3. The molecule has 162 valence electrons. The van der Waals surface area contributed by atoms with Crippen LogP contribution >= 0.6 is 9.03 Å². The Bertz CT molecular complexity index is 285. The van der Waals surface area contributed by atoms with E-state index in [1.54, 1.807) is 0 Å². The normalized spacial score (nSPS) is 12.1. The van der Waals surface area contributed by atoms with Gasteiger partial charge in [-0.3, -0.25) is 0 Å². The molecular formula is C23H47O3P. The van der Waals surface area contributed by atoms with Gasteiger partial charge in [-0.15, -0.1) is 0 Å². The van der Waals surface area contributed by atoms with Crippen molar-refractivity contribution in [1.82, 2.24) is 0 Å².